The van der Waals surface area contributed by atoms with E-state index in [0.717, 1.165) is 0 Å². The SMILES string of the molecule is CC(N)c1nc(C(=O)NCCOCC(=O)O)cs1. The van der Waals surface area contributed by atoms with Crippen molar-refractivity contribution < 1.29 is 19.4 Å². The molecule has 0 aromatic carbocycles. The first kappa shape index (κ1) is 14.6. The molecule has 1 heterocycles. The molecule has 100 valence electrons. The van der Waals surface area contributed by atoms with Crippen molar-refractivity contribution in [2.24, 2.45) is 5.73 Å². The van der Waals surface area contributed by atoms with Gasteiger partial charge in [-0.3, -0.25) is 4.79 Å². The first-order valence-electron chi connectivity index (χ1n) is 5.29. The zero-order valence-electron chi connectivity index (χ0n) is 9.88. The Labute approximate surface area is 108 Å². The van der Waals surface area contributed by atoms with Crippen LogP contribution in [0.2, 0.25) is 0 Å². The lowest BCUT2D eigenvalue weighted by Gasteiger charge is -2.03. The number of hydrogen-bond acceptors (Lipinski definition) is 6. The zero-order chi connectivity index (χ0) is 13.5. The molecule has 0 radical (unpaired) electrons. The molecule has 0 aliphatic rings. The Morgan fingerprint density at radius 2 is 2.39 bits per heavy atom. The summed E-state index contributed by atoms with van der Waals surface area (Å²) in [6.07, 6.45) is 0. The number of aromatic nitrogens is 1. The second-order valence-electron chi connectivity index (χ2n) is 3.56. The fraction of sp³-hybridized carbons (Fsp3) is 0.500. The van der Waals surface area contributed by atoms with Gasteiger partial charge in [-0.05, 0) is 6.92 Å². The minimum atomic E-state index is -1.04. The van der Waals surface area contributed by atoms with Crippen molar-refractivity contribution in [2.45, 2.75) is 13.0 Å². The van der Waals surface area contributed by atoms with Crippen LogP contribution < -0.4 is 11.1 Å². The number of amides is 1. The molecule has 0 fully saturated rings. The summed E-state index contributed by atoms with van der Waals surface area (Å²) in [6.45, 7) is 1.79. The average Bonchev–Trinajstić information content (AvgIpc) is 2.77. The highest BCUT2D eigenvalue weighted by Gasteiger charge is 2.12. The van der Waals surface area contributed by atoms with Gasteiger partial charge in [0.2, 0.25) is 0 Å². The number of carbonyl (C=O) groups excluding carboxylic acids is 1. The number of hydrogen-bond donors (Lipinski definition) is 3. The van der Waals surface area contributed by atoms with Gasteiger partial charge in [0.25, 0.3) is 5.91 Å². The maximum atomic E-state index is 11.6. The van der Waals surface area contributed by atoms with Crippen LogP contribution in [0.3, 0.4) is 0 Å². The van der Waals surface area contributed by atoms with Crippen LogP contribution in [0.5, 0.6) is 0 Å². The van der Waals surface area contributed by atoms with Crippen LogP contribution in [0.1, 0.15) is 28.5 Å². The summed E-state index contributed by atoms with van der Waals surface area (Å²) in [5, 5.41) is 13.2. The van der Waals surface area contributed by atoms with Gasteiger partial charge in [0.1, 0.15) is 17.3 Å². The maximum absolute atomic E-state index is 11.6. The van der Waals surface area contributed by atoms with Crippen molar-refractivity contribution in [3.05, 3.63) is 16.1 Å². The molecule has 1 aromatic rings. The Morgan fingerprint density at radius 3 is 2.94 bits per heavy atom. The number of carboxylic acid groups (broad SMARTS) is 1. The predicted molar refractivity (Wildman–Crippen MR) is 65.5 cm³/mol. The third-order valence-corrected chi connectivity index (χ3v) is 2.95. The van der Waals surface area contributed by atoms with Gasteiger partial charge in [0, 0.05) is 11.9 Å². The van der Waals surface area contributed by atoms with E-state index in [1.165, 1.54) is 11.3 Å². The molecule has 1 amide bonds. The molecule has 18 heavy (non-hydrogen) atoms. The maximum Gasteiger partial charge on any atom is 0.329 e. The van der Waals surface area contributed by atoms with E-state index >= 15 is 0 Å². The topological polar surface area (TPSA) is 115 Å². The summed E-state index contributed by atoms with van der Waals surface area (Å²) in [5.74, 6) is -1.36. The van der Waals surface area contributed by atoms with Crippen molar-refractivity contribution in [2.75, 3.05) is 19.8 Å². The van der Waals surface area contributed by atoms with Crippen molar-refractivity contribution in [1.82, 2.24) is 10.3 Å². The highest BCUT2D eigenvalue weighted by Crippen LogP contribution is 2.15. The Kier molecular flexibility index (Phi) is 5.69. The first-order chi connectivity index (χ1) is 8.50. The molecular weight excluding hydrogens is 258 g/mol. The summed E-state index contributed by atoms with van der Waals surface area (Å²) in [4.78, 5) is 25.8. The van der Waals surface area contributed by atoms with Crippen LogP contribution in [0.15, 0.2) is 5.38 Å². The van der Waals surface area contributed by atoms with E-state index in [9.17, 15) is 9.59 Å². The number of nitrogens with zero attached hydrogens (tertiary/aromatic N) is 1. The van der Waals surface area contributed by atoms with Crippen LogP contribution in [-0.2, 0) is 9.53 Å². The van der Waals surface area contributed by atoms with Crippen molar-refractivity contribution in [3.8, 4) is 0 Å². The van der Waals surface area contributed by atoms with Gasteiger partial charge in [0.05, 0.1) is 12.6 Å². The van der Waals surface area contributed by atoms with Crippen LogP contribution >= 0.6 is 11.3 Å². The first-order valence-corrected chi connectivity index (χ1v) is 6.17. The van der Waals surface area contributed by atoms with Gasteiger partial charge in [0.15, 0.2) is 0 Å². The van der Waals surface area contributed by atoms with Gasteiger partial charge in [-0.25, -0.2) is 9.78 Å². The minimum Gasteiger partial charge on any atom is -0.480 e. The number of nitrogens with two attached hydrogens (primary N) is 1. The number of aliphatic carboxylic acids is 1. The molecule has 0 spiro atoms. The second kappa shape index (κ2) is 7.04. The highest BCUT2D eigenvalue weighted by atomic mass is 32.1. The summed E-state index contributed by atoms with van der Waals surface area (Å²) in [6, 6.07) is -0.199. The smallest absolute Gasteiger partial charge is 0.329 e. The van der Waals surface area contributed by atoms with Crippen molar-refractivity contribution >= 4 is 23.2 Å². The number of ether oxygens (including phenoxy) is 1. The van der Waals surface area contributed by atoms with Crippen molar-refractivity contribution in [3.63, 3.8) is 0 Å². The second-order valence-corrected chi connectivity index (χ2v) is 4.45. The summed E-state index contributed by atoms with van der Waals surface area (Å²) < 4.78 is 4.77. The number of nitrogens with one attached hydrogen (secondary N) is 1. The fourth-order valence-corrected chi connectivity index (χ4v) is 1.85. The van der Waals surface area contributed by atoms with Gasteiger partial charge in [-0.1, -0.05) is 0 Å². The van der Waals surface area contributed by atoms with Crippen molar-refractivity contribution in [1.29, 1.82) is 0 Å². The van der Waals surface area contributed by atoms with E-state index < -0.39 is 5.97 Å². The lowest BCUT2D eigenvalue weighted by atomic mass is 10.4. The fourth-order valence-electron chi connectivity index (χ4n) is 1.09. The number of carbonyl (C=O) groups is 2. The molecular formula is C10H15N3O4S. The molecule has 0 aliphatic heterocycles. The summed E-state index contributed by atoms with van der Waals surface area (Å²) >= 11 is 1.33. The molecule has 1 rings (SSSR count). The van der Waals surface area contributed by atoms with E-state index in [0.29, 0.717) is 10.7 Å². The van der Waals surface area contributed by atoms with E-state index in [4.69, 9.17) is 15.6 Å². The Morgan fingerprint density at radius 1 is 1.67 bits per heavy atom. The van der Waals surface area contributed by atoms with Crippen LogP contribution in [-0.4, -0.2) is 41.7 Å². The molecule has 1 unspecified atom stereocenters. The summed E-state index contributed by atoms with van der Waals surface area (Å²) in [7, 11) is 0. The molecule has 7 nitrogen and oxygen atoms in total. The quantitative estimate of drug-likeness (QED) is 0.602. The predicted octanol–water partition coefficient (Wildman–Crippen LogP) is -0.00620. The van der Waals surface area contributed by atoms with Crippen LogP contribution in [0.25, 0.3) is 0 Å². The Hall–Kier alpha value is -1.51. The normalized spacial score (nSPS) is 12.1. The van der Waals surface area contributed by atoms with Crippen LogP contribution in [0, 0.1) is 0 Å². The molecule has 0 aliphatic carbocycles. The lowest BCUT2D eigenvalue weighted by Crippen LogP contribution is -2.28. The average molecular weight is 273 g/mol. The Balaban J connectivity index is 2.29. The van der Waals surface area contributed by atoms with E-state index in [1.807, 2.05) is 0 Å². The molecule has 1 atom stereocenters. The molecule has 0 bridgehead atoms. The third-order valence-electron chi connectivity index (χ3n) is 1.90. The zero-order valence-corrected chi connectivity index (χ0v) is 10.7. The largest absolute Gasteiger partial charge is 0.480 e. The Bertz CT molecular complexity index is 419. The number of rotatable bonds is 7. The van der Waals surface area contributed by atoms with Gasteiger partial charge in [-0.2, -0.15) is 0 Å². The summed E-state index contributed by atoms with van der Waals surface area (Å²) in [5.41, 5.74) is 5.95. The molecule has 0 saturated carbocycles. The van der Waals surface area contributed by atoms with Crippen LogP contribution in [0.4, 0.5) is 0 Å². The van der Waals surface area contributed by atoms with Gasteiger partial charge in [-0.15, -0.1) is 11.3 Å². The minimum absolute atomic E-state index is 0.141. The van der Waals surface area contributed by atoms with Gasteiger partial charge >= 0.3 is 5.97 Å². The van der Waals surface area contributed by atoms with Gasteiger partial charge < -0.3 is 20.9 Å². The molecule has 8 heteroatoms. The molecule has 1 aromatic heterocycles. The molecule has 0 saturated heterocycles. The lowest BCUT2D eigenvalue weighted by molar-refractivity contribution is -0.142. The standard InChI is InChI=1S/C10H15N3O4S/c1-6(11)10-13-7(5-18-10)9(16)12-2-3-17-4-8(14)15/h5-6H,2-4,11H2,1H3,(H,12,16)(H,14,15). The van der Waals surface area contributed by atoms with E-state index in [1.54, 1.807) is 12.3 Å². The van der Waals surface area contributed by atoms with E-state index in [-0.39, 0.29) is 31.7 Å². The third kappa shape index (κ3) is 4.78. The van der Waals surface area contributed by atoms with E-state index in [2.05, 4.69) is 10.3 Å². The highest BCUT2D eigenvalue weighted by molar-refractivity contribution is 7.09. The number of carboxylic acids is 1. The number of thiazole rings is 1. The molecule has 4 N–H and O–H groups in total. The monoisotopic (exact) mass is 273 g/mol.